The minimum absolute atomic E-state index is 0.00236. The van der Waals surface area contributed by atoms with Crippen molar-refractivity contribution in [3.05, 3.63) is 32.7 Å². The van der Waals surface area contributed by atoms with Gasteiger partial charge in [0, 0.05) is 5.69 Å². The summed E-state index contributed by atoms with van der Waals surface area (Å²) in [6, 6.07) is 0. The van der Waals surface area contributed by atoms with Gasteiger partial charge in [-0.25, -0.2) is 4.79 Å². The van der Waals surface area contributed by atoms with E-state index >= 15 is 0 Å². The minimum atomic E-state index is -1.08. The first-order valence-electron chi connectivity index (χ1n) is 6.69. The van der Waals surface area contributed by atoms with Crippen molar-refractivity contribution in [2.45, 2.75) is 50.9 Å². The van der Waals surface area contributed by atoms with Crippen molar-refractivity contribution in [2.75, 3.05) is 0 Å². The minimum Gasteiger partial charge on any atom is -0.477 e. The largest absolute Gasteiger partial charge is 0.477 e. The van der Waals surface area contributed by atoms with Crippen LogP contribution in [0.3, 0.4) is 0 Å². The van der Waals surface area contributed by atoms with Crippen LogP contribution in [0.15, 0.2) is 4.79 Å². The zero-order valence-corrected chi connectivity index (χ0v) is 10.3. The average molecular weight is 247 g/mol. The molecule has 0 spiro atoms. The van der Waals surface area contributed by atoms with Crippen molar-refractivity contribution in [3.63, 3.8) is 0 Å². The topological polar surface area (TPSA) is 70.2 Å². The Morgan fingerprint density at radius 3 is 2.56 bits per heavy atom. The molecular weight excluding hydrogens is 230 g/mol. The van der Waals surface area contributed by atoms with Crippen LogP contribution in [0.2, 0.25) is 0 Å². The van der Waals surface area contributed by atoms with Gasteiger partial charge in [-0.3, -0.25) is 4.79 Å². The molecule has 0 saturated heterocycles. The van der Waals surface area contributed by atoms with E-state index in [1.165, 1.54) is 0 Å². The molecule has 2 aliphatic rings. The maximum Gasteiger partial charge on any atom is 0.341 e. The first kappa shape index (κ1) is 11.5. The lowest BCUT2D eigenvalue weighted by Gasteiger charge is -2.17. The Balaban J connectivity index is 2.24. The molecule has 0 aliphatic heterocycles. The molecule has 0 atom stereocenters. The van der Waals surface area contributed by atoms with Crippen LogP contribution < -0.4 is 5.56 Å². The molecule has 4 heteroatoms. The third-order valence-corrected chi connectivity index (χ3v) is 4.28. The van der Waals surface area contributed by atoms with Crippen LogP contribution in [-0.4, -0.2) is 16.1 Å². The summed E-state index contributed by atoms with van der Waals surface area (Å²) in [4.78, 5) is 26.1. The summed E-state index contributed by atoms with van der Waals surface area (Å²) in [5, 5.41) is 9.32. The predicted molar refractivity (Wildman–Crippen MR) is 67.3 cm³/mol. The number of nitrogens with one attached hydrogen (secondary N) is 1. The lowest BCUT2D eigenvalue weighted by molar-refractivity contribution is 0.0693. The summed E-state index contributed by atoms with van der Waals surface area (Å²) in [5.74, 6) is -0.793. The summed E-state index contributed by atoms with van der Waals surface area (Å²) >= 11 is 0. The molecule has 0 radical (unpaired) electrons. The molecule has 0 aromatic carbocycles. The molecular formula is C14H17NO3. The molecule has 1 heterocycles. The third kappa shape index (κ3) is 1.67. The Bertz CT molecular complexity index is 553. The van der Waals surface area contributed by atoms with Gasteiger partial charge < -0.3 is 10.1 Å². The molecule has 2 aliphatic carbocycles. The molecule has 1 saturated carbocycles. The lowest BCUT2D eigenvalue weighted by atomic mass is 9.89. The van der Waals surface area contributed by atoms with E-state index in [0.717, 1.165) is 61.8 Å². The van der Waals surface area contributed by atoms with Crippen molar-refractivity contribution in [2.24, 2.45) is 0 Å². The van der Waals surface area contributed by atoms with Crippen LogP contribution in [0.4, 0.5) is 0 Å². The fourth-order valence-electron chi connectivity index (χ4n) is 3.53. The van der Waals surface area contributed by atoms with E-state index in [4.69, 9.17) is 0 Å². The van der Waals surface area contributed by atoms with Gasteiger partial charge in [-0.2, -0.15) is 0 Å². The van der Waals surface area contributed by atoms with E-state index < -0.39 is 11.5 Å². The van der Waals surface area contributed by atoms with Gasteiger partial charge >= 0.3 is 5.97 Å². The van der Waals surface area contributed by atoms with Crippen molar-refractivity contribution in [1.82, 2.24) is 4.98 Å². The molecule has 0 bridgehead atoms. The number of carboxylic acids is 1. The molecule has 18 heavy (non-hydrogen) atoms. The second-order valence-electron chi connectivity index (χ2n) is 5.34. The van der Waals surface area contributed by atoms with Gasteiger partial charge in [0.15, 0.2) is 0 Å². The van der Waals surface area contributed by atoms with Gasteiger partial charge in [-0.15, -0.1) is 0 Å². The van der Waals surface area contributed by atoms with Crippen LogP contribution in [0, 0.1) is 0 Å². The van der Waals surface area contributed by atoms with Gasteiger partial charge in [0.25, 0.3) is 5.56 Å². The van der Waals surface area contributed by atoms with E-state index in [2.05, 4.69) is 4.98 Å². The quantitative estimate of drug-likeness (QED) is 0.841. The van der Waals surface area contributed by atoms with Gasteiger partial charge in [0.05, 0.1) is 0 Å². The molecule has 1 aromatic rings. The molecule has 4 nitrogen and oxygen atoms in total. The van der Waals surface area contributed by atoms with Crippen LogP contribution >= 0.6 is 0 Å². The van der Waals surface area contributed by atoms with Crippen LogP contribution in [0.25, 0.3) is 0 Å². The first-order chi connectivity index (χ1) is 8.68. The summed E-state index contributed by atoms with van der Waals surface area (Å²) < 4.78 is 0. The average Bonchev–Trinajstić information content (AvgIpc) is 2.96. The Kier molecular flexibility index (Phi) is 2.73. The number of carboxylic acid groups (broad SMARTS) is 1. The molecule has 96 valence electrons. The number of aromatic amines is 1. The van der Waals surface area contributed by atoms with E-state index in [1.807, 2.05) is 0 Å². The summed E-state index contributed by atoms with van der Waals surface area (Å²) in [7, 11) is 0. The number of hydrogen-bond acceptors (Lipinski definition) is 2. The molecule has 0 amide bonds. The molecule has 1 aromatic heterocycles. The number of carbonyl (C=O) groups is 1. The van der Waals surface area contributed by atoms with Crippen molar-refractivity contribution >= 4 is 5.97 Å². The molecule has 2 N–H and O–H groups in total. The number of rotatable bonds is 2. The zero-order chi connectivity index (χ0) is 12.7. The fraction of sp³-hybridized carbons (Fsp3) is 0.571. The molecule has 1 fully saturated rings. The number of aromatic carboxylic acids is 1. The number of H-pyrrole nitrogens is 1. The Morgan fingerprint density at radius 1 is 1.17 bits per heavy atom. The van der Waals surface area contributed by atoms with E-state index in [0.29, 0.717) is 0 Å². The number of aromatic nitrogens is 1. The Hall–Kier alpha value is -1.58. The van der Waals surface area contributed by atoms with E-state index in [-0.39, 0.29) is 11.5 Å². The van der Waals surface area contributed by atoms with Crippen LogP contribution in [-0.2, 0) is 12.8 Å². The predicted octanol–water partition coefficient (Wildman–Crippen LogP) is 2.22. The van der Waals surface area contributed by atoms with Gasteiger partial charge in [0.1, 0.15) is 5.56 Å². The maximum absolute atomic E-state index is 12.0. The maximum atomic E-state index is 12.0. The zero-order valence-electron chi connectivity index (χ0n) is 10.3. The Labute approximate surface area is 105 Å². The Morgan fingerprint density at radius 2 is 1.89 bits per heavy atom. The standard InChI is InChI=1S/C14H17NO3/c16-13-12(14(17)18)11(8-4-1-2-5-8)9-6-3-7-10(9)15-13/h8H,1-7H2,(H,15,16)(H,17,18). The normalized spacial score (nSPS) is 19.1. The van der Waals surface area contributed by atoms with Gasteiger partial charge in [-0.05, 0) is 49.1 Å². The summed E-state index contributed by atoms with van der Waals surface area (Å²) in [6.45, 7) is 0. The fourth-order valence-corrected chi connectivity index (χ4v) is 3.53. The monoisotopic (exact) mass is 247 g/mol. The first-order valence-corrected chi connectivity index (χ1v) is 6.69. The van der Waals surface area contributed by atoms with E-state index in [1.54, 1.807) is 0 Å². The number of pyridine rings is 1. The number of fused-ring (bicyclic) bond motifs is 1. The highest BCUT2D eigenvalue weighted by atomic mass is 16.4. The lowest BCUT2D eigenvalue weighted by Crippen LogP contribution is -2.24. The molecule has 0 unspecified atom stereocenters. The SMILES string of the molecule is O=C(O)c1c(C2CCCC2)c2c([nH]c1=O)CCC2. The van der Waals surface area contributed by atoms with Gasteiger partial charge in [0.2, 0.25) is 0 Å². The second kappa shape index (κ2) is 4.26. The highest BCUT2D eigenvalue weighted by molar-refractivity contribution is 5.89. The highest BCUT2D eigenvalue weighted by Gasteiger charge is 2.30. The summed E-state index contributed by atoms with van der Waals surface area (Å²) in [5.41, 5.74) is 2.55. The second-order valence-corrected chi connectivity index (χ2v) is 5.34. The molecule has 3 rings (SSSR count). The van der Waals surface area contributed by atoms with E-state index in [9.17, 15) is 14.7 Å². The van der Waals surface area contributed by atoms with Crippen LogP contribution in [0.5, 0.6) is 0 Å². The summed E-state index contributed by atoms with van der Waals surface area (Å²) in [6.07, 6.45) is 7.15. The van der Waals surface area contributed by atoms with Gasteiger partial charge in [-0.1, -0.05) is 12.8 Å². The van der Waals surface area contributed by atoms with Crippen molar-refractivity contribution in [1.29, 1.82) is 0 Å². The number of aryl methyl sites for hydroxylation is 1. The van der Waals surface area contributed by atoms with Crippen molar-refractivity contribution in [3.8, 4) is 0 Å². The highest BCUT2D eigenvalue weighted by Crippen LogP contribution is 2.39. The number of hydrogen-bond donors (Lipinski definition) is 2. The van der Waals surface area contributed by atoms with Crippen molar-refractivity contribution < 1.29 is 9.90 Å². The smallest absolute Gasteiger partial charge is 0.341 e. The van der Waals surface area contributed by atoms with Crippen LogP contribution in [0.1, 0.15) is 65.2 Å². The third-order valence-electron chi connectivity index (χ3n) is 4.28.